The molecule has 0 spiro atoms. The molecule has 0 radical (unpaired) electrons. The van der Waals surface area contributed by atoms with Crippen LogP contribution in [0.5, 0.6) is 0 Å². The van der Waals surface area contributed by atoms with Crippen molar-refractivity contribution in [3.8, 4) is 5.69 Å². The summed E-state index contributed by atoms with van der Waals surface area (Å²) >= 11 is 11.4. The maximum absolute atomic E-state index is 11.2. The quantitative estimate of drug-likeness (QED) is 0.563. The Hall–Kier alpha value is -2.38. The Bertz CT molecular complexity index is 834. The Morgan fingerprint density at radius 1 is 1.32 bits per heavy atom. The summed E-state index contributed by atoms with van der Waals surface area (Å²) in [7, 11) is 0. The minimum absolute atomic E-state index is 0.150. The molecule has 112 valence electrons. The molecule has 7 nitrogen and oxygen atoms in total. The van der Waals surface area contributed by atoms with Gasteiger partial charge in [0.05, 0.1) is 17.3 Å². The highest BCUT2D eigenvalue weighted by molar-refractivity contribution is 6.30. The van der Waals surface area contributed by atoms with Gasteiger partial charge >= 0.3 is 0 Å². The molecular weight excluding hydrogens is 327 g/mol. The van der Waals surface area contributed by atoms with Crippen LogP contribution in [0.15, 0.2) is 36.8 Å². The zero-order valence-corrected chi connectivity index (χ0v) is 12.6. The molecule has 2 heterocycles. The van der Waals surface area contributed by atoms with Gasteiger partial charge in [-0.25, -0.2) is 14.6 Å². The summed E-state index contributed by atoms with van der Waals surface area (Å²) in [4.78, 5) is 19.5. The minimum atomic E-state index is -0.365. The fraction of sp³-hybridized carbons (Fsp3) is 0.0769. The summed E-state index contributed by atoms with van der Waals surface area (Å²) in [5.74, 6) is -0.0874. The number of alkyl halides is 1. The summed E-state index contributed by atoms with van der Waals surface area (Å²) < 4.78 is 1.64. The summed E-state index contributed by atoms with van der Waals surface area (Å²) in [6.45, 7) is 0. The van der Waals surface area contributed by atoms with Crippen LogP contribution in [0.2, 0.25) is 5.02 Å². The number of hydrogen-bond acceptors (Lipinski definition) is 5. The molecule has 0 aliphatic rings. The number of benzene rings is 1. The fourth-order valence-electron chi connectivity index (χ4n) is 1.90. The second-order valence-corrected chi connectivity index (χ2v) is 5.01. The SMILES string of the molecule is O=C(CCl)NNc1ncnc2c1cnn2-c1cccc(Cl)c1. The summed E-state index contributed by atoms with van der Waals surface area (Å²) in [6.07, 6.45) is 2.98. The van der Waals surface area contributed by atoms with Gasteiger partial charge in [-0.15, -0.1) is 11.6 Å². The van der Waals surface area contributed by atoms with E-state index in [-0.39, 0.29) is 11.8 Å². The second kappa shape index (κ2) is 6.17. The van der Waals surface area contributed by atoms with Crippen molar-refractivity contribution in [1.82, 2.24) is 25.2 Å². The van der Waals surface area contributed by atoms with Gasteiger partial charge in [0.25, 0.3) is 5.91 Å². The van der Waals surface area contributed by atoms with Gasteiger partial charge in [-0.1, -0.05) is 17.7 Å². The van der Waals surface area contributed by atoms with Crippen LogP contribution in [-0.4, -0.2) is 31.5 Å². The van der Waals surface area contributed by atoms with Crippen molar-refractivity contribution >= 4 is 46.0 Å². The van der Waals surface area contributed by atoms with Crippen LogP contribution in [0.4, 0.5) is 5.82 Å². The third-order valence-electron chi connectivity index (χ3n) is 2.86. The van der Waals surface area contributed by atoms with E-state index in [2.05, 4.69) is 25.9 Å². The topological polar surface area (TPSA) is 84.7 Å². The van der Waals surface area contributed by atoms with Gasteiger partial charge in [0.1, 0.15) is 12.2 Å². The largest absolute Gasteiger partial charge is 0.281 e. The van der Waals surface area contributed by atoms with E-state index in [1.54, 1.807) is 23.0 Å². The molecule has 1 aromatic carbocycles. The number of carbonyl (C=O) groups is 1. The monoisotopic (exact) mass is 336 g/mol. The third-order valence-corrected chi connectivity index (χ3v) is 3.34. The average Bonchev–Trinajstić information content (AvgIpc) is 2.97. The van der Waals surface area contributed by atoms with Crippen molar-refractivity contribution in [1.29, 1.82) is 0 Å². The number of nitrogens with zero attached hydrogens (tertiary/aromatic N) is 4. The molecule has 0 aliphatic carbocycles. The molecule has 0 atom stereocenters. The zero-order chi connectivity index (χ0) is 15.5. The molecule has 9 heteroatoms. The zero-order valence-electron chi connectivity index (χ0n) is 11.1. The first-order valence-electron chi connectivity index (χ1n) is 6.24. The Morgan fingerprint density at radius 2 is 2.18 bits per heavy atom. The van der Waals surface area contributed by atoms with Crippen molar-refractivity contribution in [2.45, 2.75) is 0 Å². The molecule has 0 aliphatic heterocycles. The number of halogens is 2. The van der Waals surface area contributed by atoms with Gasteiger partial charge < -0.3 is 0 Å². The number of rotatable bonds is 4. The van der Waals surface area contributed by atoms with E-state index in [1.807, 2.05) is 12.1 Å². The van der Waals surface area contributed by atoms with Gasteiger partial charge in [-0.3, -0.25) is 15.6 Å². The Balaban J connectivity index is 2.00. The van der Waals surface area contributed by atoms with Crippen LogP contribution >= 0.6 is 23.2 Å². The highest BCUT2D eigenvalue weighted by atomic mass is 35.5. The molecule has 22 heavy (non-hydrogen) atoms. The number of nitrogens with one attached hydrogen (secondary N) is 2. The molecule has 1 amide bonds. The second-order valence-electron chi connectivity index (χ2n) is 4.30. The normalized spacial score (nSPS) is 10.6. The number of anilines is 1. The van der Waals surface area contributed by atoms with Gasteiger partial charge in [-0.05, 0) is 18.2 Å². The van der Waals surface area contributed by atoms with Gasteiger partial charge in [0.2, 0.25) is 0 Å². The number of carbonyl (C=O) groups excluding carboxylic acids is 1. The highest BCUT2D eigenvalue weighted by Crippen LogP contribution is 2.22. The van der Waals surface area contributed by atoms with Crippen LogP contribution in [0, 0.1) is 0 Å². The van der Waals surface area contributed by atoms with E-state index >= 15 is 0 Å². The Labute approximate surface area is 135 Å². The standard InChI is InChI=1S/C13H10Cl2N6O/c14-5-11(22)19-20-12-10-6-18-21(13(10)17-7-16-12)9-3-1-2-8(15)4-9/h1-4,6-7H,5H2,(H,19,22)(H,16,17,20). The molecule has 0 fully saturated rings. The van der Waals surface area contributed by atoms with Crippen molar-refractivity contribution in [2.75, 3.05) is 11.3 Å². The van der Waals surface area contributed by atoms with E-state index in [1.165, 1.54) is 6.33 Å². The lowest BCUT2D eigenvalue weighted by atomic mass is 10.3. The van der Waals surface area contributed by atoms with Gasteiger partial charge in [-0.2, -0.15) is 5.10 Å². The Morgan fingerprint density at radius 3 is 2.95 bits per heavy atom. The Kier molecular flexibility index (Phi) is 4.08. The van der Waals surface area contributed by atoms with Crippen LogP contribution < -0.4 is 10.9 Å². The summed E-state index contributed by atoms with van der Waals surface area (Å²) in [6, 6.07) is 7.24. The lowest BCUT2D eigenvalue weighted by Gasteiger charge is -2.07. The van der Waals surface area contributed by atoms with E-state index in [0.29, 0.717) is 21.9 Å². The first-order valence-corrected chi connectivity index (χ1v) is 7.16. The predicted octanol–water partition coefficient (Wildman–Crippen LogP) is 2.15. The number of amides is 1. The maximum Gasteiger partial charge on any atom is 0.253 e. The first kappa shape index (κ1) is 14.6. The van der Waals surface area contributed by atoms with Crippen molar-refractivity contribution in [3.05, 3.63) is 41.8 Å². The van der Waals surface area contributed by atoms with Gasteiger partial charge in [0.15, 0.2) is 11.5 Å². The van der Waals surface area contributed by atoms with Crippen molar-refractivity contribution in [2.24, 2.45) is 0 Å². The number of hydrogen-bond donors (Lipinski definition) is 2. The lowest BCUT2D eigenvalue weighted by molar-refractivity contribution is -0.118. The van der Waals surface area contributed by atoms with Crippen molar-refractivity contribution < 1.29 is 4.79 Å². The third kappa shape index (κ3) is 2.81. The molecule has 0 saturated carbocycles. The predicted molar refractivity (Wildman–Crippen MR) is 84.2 cm³/mol. The lowest BCUT2D eigenvalue weighted by Crippen LogP contribution is -2.30. The summed E-state index contributed by atoms with van der Waals surface area (Å²) in [5.41, 5.74) is 6.49. The first-order chi connectivity index (χ1) is 10.7. The van der Waals surface area contributed by atoms with E-state index in [4.69, 9.17) is 23.2 Å². The minimum Gasteiger partial charge on any atom is -0.281 e. The molecule has 0 saturated heterocycles. The highest BCUT2D eigenvalue weighted by Gasteiger charge is 2.11. The number of hydrazine groups is 1. The molecule has 2 N–H and O–H groups in total. The van der Waals surface area contributed by atoms with Crippen LogP contribution in [-0.2, 0) is 4.79 Å². The van der Waals surface area contributed by atoms with E-state index in [9.17, 15) is 4.79 Å². The summed E-state index contributed by atoms with van der Waals surface area (Å²) in [5, 5.41) is 5.54. The smallest absolute Gasteiger partial charge is 0.253 e. The molecular formula is C13H10Cl2N6O. The van der Waals surface area contributed by atoms with Crippen LogP contribution in [0.25, 0.3) is 16.7 Å². The molecule has 0 unspecified atom stereocenters. The molecule has 2 aromatic heterocycles. The fourth-order valence-corrected chi connectivity index (χ4v) is 2.15. The molecule has 3 rings (SSSR count). The molecule has 3 aromatic rings. The maximum atomic E-state index is 11.2. The van der Waals surface area contributed by atoms with Crippen LogP contribution in [0.1, 0.15) is 0 Å². The van der Waals surface area contributed by atoms with Crippen molar-refractivity contribution in [3.63, 3.8) is 0 Å². The number of fused-ring (bicyclic) bond motifs is 1. The van der Waals surface area contributed by atoms with Gasteiger partial charge in [0, 0.05) is 5.02 Å². The van der Waals surface area contributed by atoms with Crippen LogP contribution in [0.3, 0.4) is 0 Å². The number of aromatic nitrogens is 4. The average molecular weight is 337 g/mol. The van der Waals surface area contributed by atoms with E-state index < -0.39 is 0 Å². The van der Waals surface area contributed by atoms with E-state index in [0.717, 1.165) is 5.69 Å². The molecule has 0 bridgehead atoms.